The Hall–Kier alpha value is -2.17. The van der Waals surface area contributed by atoms with Crippen LogP contribution in [0.25, 0.3) is 33.1 Å². The van der Waals surface area contributed by atoms with Crippen LogP contribution in [-0.2, 0) is 6.42 Å². The number of nitrogens with zero attached hydrogens (tertiary/aromatic N) is 1. The number of hydrogen-bond donors (Lipinski definition) is 2. The minimum Gasteiger partial charge on any atom is -0.353 e. The smallest absolute Gasteiger partial charge is 0.0702 e. The number of nitrogens with two attached hydrogens (primary N) is 1. The fraction of sp³-hybridized carbons (Fsp3) is 0.190. The van der Waals surface area contributed by atoms with Crippen LogP contribution < -0.4 is 5.73 Å². The summed E-state index contributed by atoms with van der Waals surface area (Å²) in [6.45, 7) is 0.735. The zero-order valence-electron chi connectivity index (χ0n) is 13.9. The first-order valence-electron chi connectivity index (χ1n) is 8.62. The number of hydrogen-bond acceptors (Lipinski definition) is 2. The summed E-state index contributed by atoms with van der Waals surface area (Å²) in [5, 5.41) is 2.43. The van der Waals surface area contributed by atoms with E-state index in [-0.39, 0.29) is 0 Å². The van der Waals surface area contributed by atoms with E-state index >= 15 is 0 Å². The summed E-state index contributed by atoms with van der Waals surface area (Å²) in [5.41, 5.74) is 11.5. The van der Waals surface area contributed by atoms with E-state index in [1.165, 1.54) is 10.9 Å². The van der Waals surface area contributed by atoms with Crippen molar-refractivity contribution in [1.82, 2.24) is 9.97 Å². The monoisotopic (exact) mass is 393 g/mol. The molecular weight excluding hydrogens is 374 g/mol. The van der Waals surface area contributed by atoms with E-state index < -0.39 is 0 Å². The normalized spacial score (nSPS) is 11.4. The fourth-order valence-electron chi connectivity index (χ4n) is 3.40. The lowest BCUT2D eigenvalue weighted by Gasteiger charge is -2.06. The van der Waals surface area contributed by atoms with Crippen LogP contribution in [0.4, 0.5) is 0 Å². The Morgan fingerprint density at radius 2 is 1.92 bits per heavy atom. The van der Waals surface area contributed by atoms with Gasteiger partial charge in [-0.15, -0.1) is 0 Å². The average molecular weight is 394 g/mol. The van der Waals surface area contributed by atoms with Crippen LogP contribution in [0.1, 0.15) is 18.4 Å². The number of para-hydroxylation sites is 2. The molecule has 0 aliphatic rings. The second-order valence-corrected chi connectivity index (χ2v) is 7.16. The summed E-state index contributed by atoms with van der Waals surface area (Å²) >= 11 is 3.67. The van der Waals surface area contributed by atoms with Crippen LogP contribution in [-0.4, -0.2) is 16.5 Å². The van der Waals surface area contributed by atoms with Crippen molar-refractivity contribution in [2.45, 2.75) is 19.3 Å². The molecule has 2 aromatic heterocycles. The van der Waals surface area contributed by atoms with Gasteiger partial charge in [0.25, 0.3) is 0 Å². The van der Waals surface area contributed by atoms with Crippen molar-refractivity contribution in [2.75, 3.05) is 6.54 Å². The molecule has 0 radical (unpaired) electrons. The molecule has 4 aromatic rings. The highest BCUT2D eigenvalue weighted by atomic mass is 79.9. The Morgan fingerprint density at radius 3 is 2.80 bits per heavy atom. The van der Waals surface area contributed by atoms with Crippen molar-refractivity contribution in [2.24, 2.45) is 5.73 Å². The number of rotatable bonds is 5. The minimum absolute atomic E-state index is 0.735. The molecule has 0 unspecified atom stereocenters. The molecule has 0 bridgehead atoms. The maximum absolute atomic E-state index is 5.69. The third-order valence-electron chi connectivity index (χ3n) is 4.65. The molecule has 0 fully saturated rings. The molecule has 0 saturated heterocycles. The summed E-state index contributed by atoms with van der Waals surface area (Å²) in [6, 6.07) is 16.8. The largest absolute Gasteiger partial charge is 0.353 e. The van der Waals surface area contributed by atoms with Gasteiger partial charge in [0.2, 0.25) is 0 Å². The summed E-state index contributed by atoms with van der Waals surface area (Å²) in [4.78, 5) is 8.26. The van der Waals surface area contributed by atoms with Crippen molar-refractivity contribution in [3.05, 3.63) is 64.8 Å². The lowest BCUT2D eigenvalue weighted by atomic mass is 10.0. The van der Waals surface area contributed by atoms with E-state index in [1.54, 1.807) is 0 Å². The molecule has 4 rings (SSSR count). The van der Waals surface area contributed by atoms with Crippen molar-refractivity contribution in [3.63, 3.8) is 0 Å². The van der Waals surface area contributed by atoms with Gasteiger partial charge < -0.3 is 10.7 Å². The minimum atomic E-state index is 0.735. The first-order chi connectivity index (χ1) is 12.3. The highest BCUT2D eigenvalue weighted by molar-refractivity contribution is 9.10. The number of H-pyrrole nitrogens is 1. The van der Waals surface area contributed by atoms with Gasteiger partial charge in [-0.3, -0.25) is 4.98 Å². The molecule has 0 atom stereocenters. The van der Waals surface area contributed by atoms with Gasteiger partial charge >= 0.3 is 0 Å². The molecule has 2 heterocycles. The van der Waals surface area contributed by atoms with Gasteiger partial charge in [0, 0.05) is 27.0 Å². The topological polar surface area (TPSA) is 54.7 Å². The predicted molar refractivity (Wildman–Crippen MR) is 109 cm³/mol. The molecule has 0 spiro atoms. The molecule has 0 aliphatic heterocycles. The van der Waals surface area contributed by atoms with Crippen LogP contribution in [0.2, 0.25) is 0 Å². The number of benzene rings is 2. The van der Waals surface area contributed by atoms with E-state index in [0.29, 0.717) is 0 Å². The zero-order chi connectivity index (χ0) is 17.2. The predicted octanol–water partition coefficient (Wildman–Crippen LogP) is 5.43. The highest BCUT2D eigenvalue weighted by Crippen LogP contribution is 2.35. The quantitative estimate of drug-likeness (QED) is 0.444. The van der Waals surface area contributed by atoms with Gasteiger partial charge in [-0.1, -0.05) is 30.3 Å². The summed E-state index contributed by atoms with van der Waals surface area (Å²) in [5.74, 6) is 0. The van der Waals surface area contributed by atoms with Crippen LogP contribution in [0.15, 0.2) is 59.2 Å². The highest BCUT2D eigenvalue weighted by Gasteiger charge is 2.15. The Morgan fingerprint density at radius 1 is 1.04 bits per heavy atom. The number of fused-ring (bicyclic) bond motifs is 2. The van der Waals surface area contributed by atoms with Gasteiger partial charge in [-0.05, 0) is 65.5 Å². The Labute approximate surface area is 155 Å². The van der Waals surface area contributed by atoms with Gasteiger partial charge in [0.1, 0.15) is 0 Å². The van der Waals surface area contributed by atoms with E-state index in [0.717, 1.165) is 58.0 Å². The molecule has 126 valence electrons. The molecule has 3 nitrogen and oxygen atoms in total. The summed E-state index contributed by atoms with van der Waals surface area (Å²) < 4.78 is 1.09. The molecule has 2 aromatic carbocycles. The fourth-order valence-corrected chi connectivity index (χ4v) is 3.86. The number of unbranched alkanes of at least 4 members (excludes halogenated alkanes) is 1. The Kier molecular flexibility index (Phi) is 4.55. The SMILES string of the molecule is NCCCCc1c(-c2cnc3ccccc3c2)[nH]c2c(Br)cccc12. The van der Waals surface area contributed by atoms with Crippen molar-refractivity contribution >= 4 is 37.7 Å². The lowest BCUT2D eigenvalue weighted by molar-refractivity contribution is 0.748. The number of aryl methyl sites for hydroxylation is 1. The van der Waals surface area contributed by atoms with Crippen LogP contribution in [0, 0.1) is 0 Å². The number of halogens is 1. The summed E-state index contributed by atoms with van der Waals surface area (Å²) in [7, 11) is 0. The molecule has 25 heavy (non-hydrogen) atoms. The summed E-state index contributed by atoms with van der Waals surface area (Å²) in [6.07, 6.45) is 5.10. The van der Waals surface area contributed by atoms with Crippen LogP contribution >= 0.6 is 15.9 Å². The van der Waals surface area contributed by atoms with E-state index in [9.17, 15) is 0 Å². The third kappa shape index (κ3) is 3.08. The number of aromatic nitrogens is 2. The first-order valence-corrected chi connectivity index (χ1v) is 9.41. The molecule has 0 saturated carbocycles. The molecule has 0 amide bonds. The number of nitrogens with one attached hydrogen (secondary N) is 1. The van der Waals surface area contributed by atoms with E-state index in [1.807, 2.05) is 18.3 Å². The Balaban J connectivity index is 1.89. The standard InChI is InChI=1S/C21H20BrN3/c22-18-9-5-8-17-16(7-3-4-11-23)20(25-21(17)18)15-12-14-6-1-2-10-19(14)24-13-15/h1-2,5-6,8-10,12-13,25H,3-4,7,11,23H2. The van der Waals surface area contributed by atoms with E-state index in [2.05, 4.69) is 62.3 Å². The maximum atomic E-state index is 5.69. The maximum Gasteiger partial charge on any atom is 0.0702 e. The zero-order valence-corrected chi connectivity index (χ0v) is 15.5. The van der Waals surface area contributed by atoms with Crippen molar-refractivity contribution in [3.8, 4) is 11.3 Å². The van der Waals surface area contributed by atoms with Gasteiger partial charge in [-0.25, -0.2) is 0 Å². The first kappa shape index (κ1) is 16.3. The lowest BCUT2D eigenvalue weighted by Crippen LogP contribution is -1.99. The van der Waals surface area contributed by atoms with Crippen LogP contribution in [0.3, 0.4) is 0 Å². The third-order valence-corrected chi connectivity index (χ3v) is 5.31. The molecule has 4 heteroatoms. The Bertz CT molecular complexity index is 1040. The second kappa shape index (κ2) is 6.98. The van der Waals surface area contributed by atoms with Gasteiger partial charge in [0.05, 0.1) is 16.7 Å². The van der Waals surface area contributed by atoms with Crippen molar-refractivity contribution in [1.29, 1.82) is 0 Å². The second-order valence-electron chi connectivity index (χ2n) is 6.30. The average Bonchev–Trinajstić information content (AvgIpc) is 3.02. The number of pyridine rings is 1. The molecule has 0 aliphatic carbocycles. The van der Waals surface area contributed by atoms with Crippen molar-refractivity contribution < 1.29 is 0 Å². The van der Waals surface area contributed by atoms with E-state index in [4.69, 9.17) is 5.73 Å². The van der Waals surface area contributed by atoms with Gasteiger partial charge in [0.15, 0.2) is 0 Å². The van der Waals surface area contributed by atoms with Crippen LogP contribution in [0.5, 0.6) is 0 Å². The molecular formula is C21H20BrN3. The number of aromatic amines is 1. The molecule has 3 N–H and O–H groups in total. The van der Waals surface area contributed by atoms with Gasteiger partial charge in [-0.2, -0.15) is 0 Å².